The number of benzene rings is 3. The minimum absolute atomic E-state index is 0.849. The lowest BCUT2D eigenvalue weighted by Gasteiger charge is -2.33. The van der Waals surface area contributed by atoms with E-state index in [0.717, 1.165) is 43.3 Å². The first-order valence-electron chi connectivity index (χ1n) is 9.68. The summed E-state index contributed by atoms with van der Waals surface area (Å²) >= 11 is 6.28. The number of rotatable bonds is 5. The second-order valence-corrected chi connectivity index (χ2v) is 7.46. The van der Waals surface area contributed by atoms with Crippen LogP contribution in [-0.2, 0) is 6.54 Å². The molecule has 28 heavy (non-hydrogen) atoms. The molecule has 0 unspecified atom stereocenters. The lowest BCUT2D eigenvalue weighted by Crippen LogP contribution is -2.43. The van der Waals surface area contributed by atoms with Gasteiger partial charge in [0.1, 0.15) is 0 Å². The van der Waals surface area contributed by atoms with E-state index in [1.165, 1.54) is 16.7 Å². The molecule has 3 aromatic carbocycles. The number of piperazine rings is 1. The van der Waals surface area contributed by atoms with Crippen LogP contribution in [0.15, 0.2) is 84.0 Å². The Morgan fingerprint density at radius 1 is 0.750 bits per heavy atom. The predicted molar refractivity (Wildman–Crippen MR) is 118 cm³/mol. The van der Waals surface area contributed by atoms with Crippen LogP contribution in [0.4, 0.5) is 0 Å². The molecular formula is C24H24ClN3. The monoisotopic (exact) mass is 389 g/mol. The number of nitrogens with zero attached hydrogens (tertiary/aromatic N) is 3. The van der Waals surface area contributed by atoms with Crippen molar-refractivity contribution in [3.63, 3.8) is 0 Å². The lowest BCUT2D eigenvalue weighted by molar-refractivity contribution is 0.131. The van der Waals surface area contributed by atoms with Gasteiger partial charge in [-0.2, -0.15) is 5.10 Å². The third kappa shape index (κ3) is 4.80. The van der Waals surface area contributed by atoms with Crippen molar-refractivity contribution in [2.24, 2.45) is 5.10 Å². The topological polar surface area (TPSA) is 18.8 Å². The Morgan fingerprint density at radius 3 is 2.11 bits per heavy atom. The van der Waals surface area contributed by atoms with Gasteiger partial charge < -0.3 is 0 Å². The van der Waals surface area contributed by atoms with Crippen molar-refractivity contribution in [1.82, 2.24) is 9.91 Å². The largest absolute Gasteiger partial charge is 0.295 e. The normalized spacial score (nSPS) is 15.2. The van der Waals surface area contributed by atoms with Gasteiger partial charge in [-0.15, -0.1) is 0 Å². The van der Waals surface area contributed by atoms with Gasteiger partial charge in [-0.1, -0.05) is 84.4 Å². The smallest absolute Gasteiger partial charge is 0.0542 e. The maximum Gasteiger partial charge on any atom is 0.0542 e. The summed E-state index contributed by atoms with van der Waals surface area (Å²) in [6.07, 6.45) is 1.96. The molecule has 0 spiro atoms. The van der Waals surface area contributed by atoms with Crippen LogP contribution in [0.25, 0.3) is 11.1 Å². The second kappa shape index (κ2) is 9.05. The molecular weight excluding hydrogens is 366 g/mol. The van der Waals surface area contributed by atoms with Crippen LogP contribution in [-0.4, -0.2) is 42.3 Å². The average molecular weight is 390 g/mol. The first kappa shape index (κ1) is 18.7. The fraction of sp³-hybridized carbons (Fsp3) is 0.208. The Kier molecular flexibility index (Phi) is 6.05. The van der Waals surface area contributed by atoms with Crippen LogP contribution in [0, 0.1) is 0 Å². The van der Waals surface area contributed by atoms with Crippen LogP contribution in [0.2, 0.25) is 5.02 Å². The number of hydrogen-bond donors (Lipinski definition) is 0. The fourth-order valence-corrected chi connectivity index (χ4v) is 3.61. The molecule has 0 aliphatic carbocycles. The molecule has 4 rings (SSSR count). The zero-order chi connectivity index (χ0) is 19.2. The molecule has 1 fully saturated rings. The van der Waals surface area contributed by atoms with E-state index in [9.17, 15) is 0 Å². The Balaban J connectivity index is 1.30. The van der Waals surface area contributed by atoms with Crippen molar-refractivity contribution in [3.05, 3.63) is 95.0 Å². The van der Waals surface area contributed by atoms with Crippen molar-refractivity contribution >= 4 is 17.8 Å². The number of hydrazone groups is 1. The van der Waals surface area contributed by atoms with Crippen LogP contribution in [0.1, 0.15) is 11.1 Å². The lowest BCUT2D eigenvalue weighted by atomic mass is 10.0. The van der Waals surface area contributed by atoms with E-state index >= 15 is 0 Å². The van der Waals surface area contributed by atoms with Crippen LogP contribution >= 0.6 is 11.6 Å². The quantitative estimate of drug-likeness (QED) is 0.561. The Bertz CT molecular complexity index is 914. The van der Waals surface area contributed by atoms with E-state index in [1.54, 1.807) is 0 Å². The molecule has 1 heterocycles. The zero-order valence-electron chi connectivity index (χ0n) is 15.8. The zero-order valence-corrected chi connectivity index (χ0v) is 16.6. The van der Waals surface area contributed by atoms with Crippen molar-refractivity contribution < 1.29 is 0 Å². The minimum Gasteiger partial charge on any atom is -0.295 e. The number of hydrogen-bond acceptors (Lipinski definition) is 3. The van der Waals surface area contributed by atoms with E-state index in [0.29, 0.717) is 0 Å². The first-order chi connectivity index (χ1) is 13.8. The molecule has 0 radical (unpaired) electrons. The molecule has 3 nitrogen and oxygen atoms in total. The summed E-state index contributed by atoms with van der Waals surface area (Å²) in [4.78, 5) is 2.43. The maximum atomic E-state index is 6.28. The summed E-state index contributed by atoms with van der Waals surface area (Å²) in [7, 11) is 0. The molecule has 0 amide bonds. The van der Waals surface area contributed by atoms with Gasteiger partial charge >= 0.3 is 0 Å². The first-order valence-corrected chi connectivity index (χ1v) is 10.1. The van der Waals surface area contributed by atoms with Gasteiger partial charge in [0.05, 0.1) is 6.21 Å². The van der Waals surface area contributed by atoms with Gasteiger partial charge in [0.2, 0.25) is 0 Å². The van der Waals surface area contributed by atoms with E-state index < -0.39 is 0 Å². The predicted octanol–water partition coefficient (Wildman–Crippen LogP) is 5.16. The van der Waals surface area contributed by atoms with Gasteiger partial charge in [0.25, 0.3) is 0 Å². The summed E-state index contributed by atoms with van der Waals surface area (Å²) in [6, 6.07) is 27.1. The van der Waals surface area contributed by atoms with Crippen molar-refractivity contribution in [1.29, 1.82) is 0 Å². The molecule has 1 aliphatic heterocycles. The van der Waals surface area contributed by atoms with Crippen LogP contribution in [0.5, 0.6) is 0 Å². The Morgan fingerprint density at radius 2 is 1.39 bits per heavy atom. The van der Waals surface area contributed by atoms with Gasteiger partial charge in [-0.05, 0) is 28.3 Å². The Labute approximate surface area is 171 Å². The molecule has 142 valence electrons. The molecule has 0 aromatic heterocycles. The molecule has 0 N–H and O–H groups in total. The summed E-state index contributed by atoms with van der Waals surface area (Å²) in [5.41, 5.74) is 4.78. The van der Waals surface area contributed by atoms with Crippen molar-refractivity contribution in [3.8, 4) is 11.1 Å². The van der Waals surface area contributed by atoms with E-state index in [-0.39, 0.29) is 0 Å². The summed E-state index contributed by atoms with van der Waals surface area (Å²) in [5.74, 6) is 0. The fourth-order valence-electron chi connectivity index (χ4n) is 3.42. The van der Waals surface area contributed by atoms with Crippen LogP contribution in [0.3, 0.4) is 0 Å². The molecule has 0 saturated carbocycles. The number of halogens is 1. The Hall–Kier alpha value is -2.62. The van der Waals surface area contributed by atoms with Gasteiger partial charge in [0.15, 0.2) is 0 Å². The minimum atomic E-state index is 0.849. The van der Waals surface area contributed by atoms with E-state index in [4.69, 9.17) is 11.6 Å². The maximum absolute atomic E-state index is 6.28. The summed E-state index contributed by atoms with van der Waals surface area (Å²) in [6.45, 7) is 4.76. The second-order valence-electron chi connectivity index (χ2n) is 7.05. The van der Waals surface area contributed by atoms with Crippen molar-refractivity contribution in [2.75, 3.05) is 26.2 Å². The van der Waals surface area contributed by atoms with Crippen LogP contribution < -0.4 is 0 Å². The van der Waals surface area contributed by atoms with Gasteiger partial charge in [0, 0.05) is 37.7 Å². The van der Waals surface area contributed by atoms with Gasteiger partial charge in [-0.3, -0.25) is 9.91 Å². The molecule has 4 heteroatoms. The van der Waals surface area contributed by atoms with Crippen molar-refractivity contribution in [2.45, 2.75) is 6.54 Å². The van der Waals surface area contributed by atoms with E-state index in [1.807, 2.05) is 30.5 Å². The summed E-state index contributed by atoms with van der Waals surface area (Å²) < 4.78 is 0. The highest BCUT2D eigenvalue weighted by atomic mass is 35.5. The van der Waals surface area contributed by atoms with E-state index in [2.05, 4.69) is 69.6 Å². The van der Waals surface area contributed by atoms with Gasteiger partial charge in [-0.25, -0.2) is 0 Å². The molecule has 0 bridgehead atoms. The highest BCUT2D eigenvalue weighted by Gasteiger charge is 2.16. The molecule has 1 aliphatic rings. The highest BCUT2D eigenvalue weighted by Crippen LogP contribution is 2.19. The summed E-state index contributed by atoms with van der Waals surface area (Å²) in [5, 5.41) is 7.67. The SMILES string of the molecule is Clc1ccccc1CN1CCN(N=Cc2ccc(-c3ccccc3)cc2)CC1. The molecule has 1 saturated heterocycles. The molecule has 0 atom stereocenters. The average Bonchev–Trinajstić information content (AvgIpc) is 2.76. The highest BCUT2D eigenvalue weighted by molar-refractivity contribution is 6.31. The standard InChI is InChI=1S/C24H24ClN3/c25-24-9-5-4-8-23(24)19-27-14-16-28(17-15-27)26-18-20-10-12-22(13-11-20)21-6-2-1-3-7-21/h1-13,18H,14-17,19H2. The molecule has 3 aromatic rings. The third-order valence-corrected chi connectivity index (χ3v) is 5.46. The third-order valence-electron chi connectivity index (χ3n) is 5.09.